The minimum atomic E-state index is -4.20. The van der Waals surface area contributed by atoms with Crippen molar-refractivity contribution in [1.82, 2.24) is 15.2 Å². The van der Waals surface area contributed by atoms with Crippen LogP contribution in [0.2, 0.25) is 25.7 Å². The van der Waals surface area contributed by atoms with Gasteiger partial charge >= 0.3 is 0 Å². The number of nitrogens with zero attached hydrogens (tertiary/aromatic N) is 3. The van der Waals surface area contributed by atoms with E-state index >= 15 is 0 Å². The third kappa shape index (κ3) is 7.69. The smallest absolute Gasteiger partial charge is 0.283 e. The van der Waals surface area contributed by atoms with Gasteiger partial charge in [0, 0.05) is 39.0 Å². The fourth-order valence-corrected chi connectivity index (χ4v) is 6.55. The predicted molar refractivity (Wildman–Crippen MR) is 163 cm³/mol. The molecule has 2 heterocycles. The van der Waals surface area contributed by atoms with Crippen LogP contribution in [0.4, 0.5) is 5.69 Å². The minimum Gasteiger partial charge on any atom is -0.389 e. The molecule has 0 radical (unpaired) electrons. The highest BCUT2D eigenvalue weighted by atomic mass is 32.2. The molecule has 1 aliphatic rings. The monoisotopic (exact) mass is 597 g/mol. The number of hydrogen-bond donors (Lipinski definition) is 3. The molecule has 0 aliphatic carbocycles. The van der Waals surface area contributed by atoms with Crippen molar-refractivity contribution in [2.45, 2.75) is 58.1 Å². The number of sulfonamides is 1. The fraction of sp³-hybridized carbons (Fsp3) is 0.414. The molecule has 2 aromatic carbocycles. The third-order valence-electron chi connectivity index (χ3n) is 6.53. The number of nitriles is 1. The molecule has 3 aromatic rings. The van der Waals surface area contributed by atoms with E-state index in [4.69, 9.17) is 9.47 Å². The molecule has 10 nitrogen and oxygen atoms in total. The quantitative estimate of drug-likeness (QED) is 0.150. The number of H-pyrrole nitrogens is 1. The lowest BCUT2D eigenvalue weighted by atomic mass is 10.1. The number of benzene rings is 2. The van der Waals surface area contributed by atoms with Gasteiger partial charge in [0.1, 0.15) is 12.8 Å². The molecular weight excluding hydrogens is 559 g/mol. The number of anilines is 1. The first kappa shape index (κ1) is 30.6. The first-order chi connectivity index (χ1) is 19.3. The van der Waals surface area contributed by atoms with Gasteiger partial charge in [-0.15, -0.1) is 0 Å². The summed E-state index contributed by atoms with van der Waals surface area (Å²) in [6.45, 7) is 10.6. The molecular formula is C29H39N5O5SSi. The molecule has 1 aliphatic heterocycles. The maximum Gasteiger partial charge on any atom is 0.283 e. The van der Waals surface area contributed by atoms with E-state index in [9.17, 15) is 18.8 Å². The first-order valence-electron chi connectivity index (χ1n) is 13.5. The van der Waals surface area contributed by atoms with E-state index in [1.807, 2.05) is 30.3 Å². The zero-order valence-corrected chi connectivity index (χ0v) is 26.0. The molecule has 0 spiro atoms. The van der Waals surface area contributed by atoms with E-state index < -0.39 is 30.1 Å². The maximum absolute atomic E-state index is 14.3. The molecule has 4 rings (SSSR count). The minimum absolute atomic E-state index is 0.0855. The SMILES string of the molecule is CC(C)(O)CN1C=C(S(=O)(=O)N(COCC[Si](C)(C)C)c2cccc3c(C#N)c[nH]c23)NC1OCc1ccccc1. The van der Waals surface area contributed by atoms with Crippen molar-refractivity contribution >= 4 is 34.7 Å². The number of hydrogen-bond acceptors (Lipinski definition) is 8. The number of β-amino-alcohol motifs (C(OH)–C–C–N with tert-alkyl or cyclic N) is 1. The van der Waals surface area contributed by atoms with Crippen LogP contribution in [0.3, 0.4) is 0 Å². The Kier molecular flexibility index (Phi) is 9.15. The number of aliphatic hydroxyl groups is 1. The first-order valence-corrected chi connectivity index (χ1v) is 18.7. The van der Waals surface area contributed by atoms with Crippen molar-refractivity contribution in [3.8, 4) is 6.07 Å². The highest BCUT2D eigenvalue weighted by Gasteiger charge is 2.38. The highest BCUT2D eigenvalue weighted by Crippen LogP contribution is 2.33. The van der Waals surface area contributed by atoms with Crippen molar-refractivity contribution in [1.29, 1.82) is 5.26 Å². The van der Waals surface area contributed by atoms with Crippen molar-refractivity contribution < 1.29 is 23.0 Å². The second-order valence-electron chi connectivity index (χ2n) is 12.0. The lowest BCUT2D eigenvalue weighted by Gasteiger charge is -2.30. The third-order valence-corrected chi connectivity index (χ3v) is 9.89. The molecule has 0 saturated heterocycles. The summed E-state index contributed by atoms with van der Waals surface area (Å²) < 4.78 is 41.8. The number of ether oxygens (including phenoxy) is 2. The summed E-state index contributed by atoms with van der Waals surface area (Å²) in [5, 5.41) is 23.6. The molecule has 12 heteroatoms. The molecule has 220 valence electrons. The van der Waals surface area contributed by atoms with Crippen LogP contribution in [0.15, 0.2) is 66.0 Å². The zero-order valence-electron chi connectivity index (χ0n) is 24.2. The highest BCUT2D eigenvalue weighted by molar-refractivity contribution is 7.96. The van der Waals surface area contributed by atoms with Gasteiger partial charge in [-0.3, -0.25) is 0 Å². The normalized spacial score (nSPS) is 16.0. The lowest BCUT2D eigenvalue weighted by Crippen LogP contribution is -2.46. The zero-order chi connectivity index (χ0) is 29.8. The summed E-state index contributed by atoms with van der Waals surface area (Å²) in [5.41, 5.74) is 1.11. The molecule has 3 N–H and O–H groups in total. The van der Waals surface area contributed by atoms with Crippen LogP contribution in [0.25, 0.3) is 10.9 Å². The number of aromatic nitrogens is 1. The summed E-state index contributed by atoms with van der Waals surface area (Å²) in [6, 6.07) is 17.8. The van der Waals surface area contributed by atoms with Gasteiger partial charge in [0.2, 0.25) is 6.35 Å². The molecule has 0 saturated carbocycles. The van der Waals surface area contributed by atoms with Gasteiger partial charge < -0.3 is 29.8 Å². The van der Waals surface area contributed by atoms with E-state index in [-0.39, 0.29) is 24.9 Å². The van der Waals surface area contributed by atoms with Crippen LogP contribution in [-0.2, 0) is 26.1 Å². The Morgan fingerprint density at radius 2 is 1.88 bits per heavy atom. The van der Waals surface area contributed by atoms with Gasteiger partial charge in [-0.25, -0.2) is 4.31 Å². The van der Waals surface area contributed by atoms with E-state index in [1.54, 1.807) is 43.1 Å². The Morgan fingerprint density at radius 3 is 2.54 bits per heavy atom. The van der Waals surface area contributed by atoms with Gasteiger partial charge in [0.15, 0.2) is 5.03 Å². The molecule has 1 atom stereocenters. The molecule has 0 fully saturated rings. The van der Waals surface area contributed by atoms with Crippen molar-refractivity contribution in [2.75, 3.05) is 24.2 Å². The number of para-hydroxylation sites is 1. The van der Waals surface area contributed by atoms with Gasteiger partial charge in [0.25, 0.3) is 10.0 Å². The van der Waals surface area contributed by atoms with E-state index in [2.05, 4.69) is 36.0 Å². The summed E-state index contributed by atoms with van der Waals surface area (Å²) in [7, 11) is -5.61. The Bertz CT molecular complexity index is 1520. The van der Waals surface area contributed by atoms with Gasteiger partial charge in [-0.1, -0.05) is 62.1 Å². The maximum atomic E-state index is 14.3. The summed E-state index contributed by atoms with van der Waals surface area (Å²) >= 11 is 0. The lowest BCUT2D eigenvalue weighted by molar-refractivity contribution is -0.0749. The van der Waals surface area contributed by atoms with E-state index in [1.165, 1.54) is 10.5 Å². The number of rotatable bonds is 13. The van der Waals surface area contributed by atoms with Crippen molar-refractivity contribution in [2.24, 2.45) is 0 Å². The molecule has 1 unspecified atom stereocenters. The van der Waals surface area contributed by atoms with Gasteiger partial charge in [-0.05, 0) is 31.5 Å². The Hall–Kier alpha value is -3.34. The average molecular weight is 598 g/mol. The van der Waals surface area contributed by atoms with Crippen LogP contribution < -0.4 is 9.62 Å². The number of fused-ring (bicyclic) bond motifs is 1. The molecule has 41 heavy (non-hydrogen) atoms. The summed E-state index contributed by atoms with van der Waals surface area (Å²) in [6.07, 6.45) is 2.21. The van der Waals surface area contributed by atoms with Crippen LogP contribution in [0.1, 0.15) is 25.0 Å². The van der Waals surface area contributed by atoms with Crippen LogP contribution in [0.5, 0.6) is 0 Å². The van der Waals surface area contributed by atoms with Gasteiger partial charge in [0.05, 0.1) is 29.0 Å². The summed E-state index contributed by atoms with van der Waals surface area (Å²) in [5.74, 6) is 0. The number of nitrogens with one attached hydrogen (secondary N) is 2. The van der Waals surface area contributed by atoms with Crippen LogP contribution in [-0.4, -0.2) is 63.3 Å². The standard InChI is InChI=1S/C29H39N5O5SSi/c1-29(2,35)20-33-18-26(32-28(33)39-19-22-10-7-6-8-11-22)40(36,37)34(21-38-14-15-41(3,4)5)25-13-9-12-24-23(16-30)17-31-27(24)25/h6-13,17-18,28,31-32,35H,14-15,19-21H2,1-5H3. The van der Waals surface area contributed by atoms with Crippen molar-refractivity contribution in [3.05, 3.63) is 77.1 Å². The average Bonchev–Trinajstić information content (AvgIpc) is 3.50. The van der Waals surface area contributed by atoms with Gasteiger partial charge in [-0.2, -0.15) is 13.7 Å². The second kappa shape index (κ2) is 12.3. The van der Waals surface area contributed by atoms with E-state index in [0.29, 0.717) is 28.8 Å². The largest absolute Gasteiger partial charge is 0.389 e. The molecule has 0 amide bonds. The second-order valence-corrected chi connectivity index (χ2v) is 19.4. The predicted octanol–water partition coefficient (Wildman–Crippen LogP) is 4.46. The van der Waals surface area contributed by atoms with Crippen LogP contribution in [0, 0.1) is 11.3 Å². The van der Waals surface area contributed by atoms with E-state index in [0.717, 1.165) is 11.6 Å². The number of aromatic amines is 1. The topological polar surface area (TPSA) is 131 Å². The van der Waals surface area contributed by atoms with Crippen LogP contribution >= 0.6 is 0 Å². The molecule has 0 bridgehead atoms. The Morgan fingerprint density at radius 1 is 1.15 bits per heavy atom. The van der Waals surface area contributed by atoms with Crippen molar-refractivity contribution in [3.63, 3.8) is 0 Å². The Labute approximate surface area is 243 Å². The fourth-order valence-electron chi connectivity index (χ4n) is 4.42. The summed E-state index contributed by atoms with van der Waals surface area (Å²) in [4.78, 5) is 4.71. The molecule has 1 aromatic heterocycles. The Balaban J connectivity index is 1.67.